The number of rotatable bonds is 4. The quantitative estimate of drug-likeness (QED) is 0.607. The minimum absolute atomic E-state index is 0.172. The van der Waals surface area contributed by atoms with Crippen LogP contribution in [0.2, 0.25) is 0 Å². The number of hydrogen-bond donors (Lipinski definition) is 0. The van der Waals surface area contributed by atoms with Crippen LogP contribution in [-0.2, 0) is 9.47 Å². The Kier molecular flexibility index (Phi) is 3.68. The molecule has 7 rings (SSSR count). The molecule has 9 nitrogen and oxygen atoms in total. The summed E-state index contributed by atoms with van der Waals surface area (Å²) in [5, 5.41) is 0. The van der Waals surface area contributed by atoms with Crippen molar-refractivity contribution >= 4 is 22.9 Å². The van der Waals surface area contributed by atoms with E-state index in [9.17, 15) is 8.78 Å². The molecule has 0 amide bonds. The molecular weight excluding hydrogens is 420 g/mol. The number of anilines is 2. The fourth-order valence-corrected chi connectivity index (χ4v) is 5.08. The lowest BCUT2D eigenvalue weighted by molar-refractivity contribution is -0.128. The van der Waals surface area contributed by atoms with Gasteiger partial charge in [-0.1, -0.05) is 12.1 Å². The second-order valence-corrected chi connectivity index (χ2v) is 9.53. The van der Waals surface area contributed by atoms with Gasteiger partial charge in [0.15, 0.2) is 5.82 Å². The number of hydrogen-bond acceptors (Lipinski definition) is 8. The Bertz CT molecular complexity index is 1160. The summed E-state index contributed by atoms with van der Waals surface area (Å²) in [6, 6.07) is 7.04. The van der Waals surface area contributed by atoms with Gasteiger partial charge in [0.2, 0.25) is 17.8 Å². The molecule has 2 spiro atoms. The molecule has 0 radical (unpaired) electrons. The first kappa shape index (κ1) is 18.6. The summed E-state index contributed by atoms with van der Waals surface area (Å²) in [6.45, 7) is 6.13. The molecule has 0 aliphatic carbocycles. The molecule has 0 unspecified atom stereocenters. The smallest absolute Gasteiger partial charge is 0.296 e. The van der Waals surface area contributed by atoms with Crippen molar-refractivity contribution in [2.45, 2.75) is 6.43 Å². The molecule has 1 aromatic carbocycles. The number of ether oxygens (including phenoxy) is 2. The molecule has 2 aromatic heterocycles. The van der Waals surface area contributed by atoms with Crippen molar-refractivity contribution in [2.75, 3.05) is 62.4 Å². The highest BCUT2D eigenvalue weighted by Crippen LogP contribution is 2.42. The molecule has 166 valence electrons. The molecule has 4 aliphatic heterocycles. The number of para-hydroxylation sites is 2. The fourth-order valence-electron chi connectivity index (χ4n) is 5.08. The van der Waals surface area contributed by atoms with Gasteiger partial charge in [0.1, 0.15) is 0 Å². The second-order valence-electron chi connectivity index (χ2n) is 9.53. The normalized spacial score (nSPS) is 22.7. The van der Waals surface area contributed by atoms with Crippen LogP contribution in [0.3, 0.4) is 0 Å². The molecule has 0 saturated carbocycles. The molecule has 4 saturated heterocycles. The largest absolute Gasteiger partial charge is 0.380 e. The van der Waals surface area contributed by atoms with E-state index in [1.807, 2.05) is 0 Å². The zero-order valence-electron chi connectivity index (χ0n) is 17.2. The van der Waals surface area contributed by atoms with Crippen LogP contribution >= 0.6 is 0 Å². The standard InChI is InChI=1S/C21H21F2N7O2/c22-15(23)16-24-13-3-1-2-4-14(13)30(16)19-26-17(28-5-20(6-28)9-31-10-20)25-18(27-19)29-7-21(8-29)11-32-12-21/h1-4,15H,5-12H2. The highest BCUT2D eigenvalue weighted by atomic mass is 19.3. The number of halogens is 2. The predicted octanol–water partition coefficient (Wildman–Crippen LogP) is 1.82. The maximum absolute atomic E-state index is 13.9. The molecule has 0 N–H and O–H groups in total. The van der Waals surface area contributed by atoms with Crippen LogP contribution in [0.4, 0.5) is 20.7 Å². The van der Waals surface area contributed by atoms with E-state index in [4.69, 9.17) is 14.5 Å². The highest BCUT2D eigenvalue weighted by molar-refractivity contribution is 5.77. The minimum Gasteiger partial charge on any atom is -0.380 e. The van der Waals surface area contributed by atoms with Gasteiger partial charge in [0.25, 0.3) is 6.43 Å². The summed E-state index contributed by atoms with van der Waals surface area (Å²) < 4.78 is 40.0. The van der Waals surface area contributed by atoms with Crippen LogP contribution in [-0.4, -0.2) is 77.1 Å². The van der Waals surface area contributed by atoms with E-state index >= 15 is 0 Å². The Labute approximate surface area is 182 Å². The number of nitrogens with zero attached hydrogens (tertiary/aromatic N) is 7. The summed E-state index contributed by atoms with van der Waals surface area (Å²) in [5.74, 6) is 0.817. The zero-order chi connectivity index (χ0) is 21.5. The van der Waals surface area contributed by atoms with Gasteiger partial charge >= 0.3 is 0 Å². The van der Waals surface area contributed by atoms with Crippen molar-refractivity contribution < 1.29 is 18.3 Å². The summed E-state index contributed by atoms with van der Waals surface area (Å²) in [4.78, 5) is 22.3. The van der Waals surface area contributed by atoms with Crippen LogP contribution < -0.4 is 9.80 Å². The van der Waals surface area contributed by atoms with Gasteiger partial charge in [-0.2, -0.15) is 15.0 Å². The molecule has 0 bridgehead atoms. The van der Waals surface area contributed by atoms with Gasteiger partial charge in [0, 0.05) is 26.2 Å². The average molecular weight is 441 g/mol. The van der Waals surface area contributed by atoms with E-state index in [-0.39, 0.29) is 22.6 Å². The van der Waals surface area contributed by atoms with Crippen molar-refractivity contribution in [3.05, 3.63) is 30.1 Å². The van der Waals surface area contributed by atoms with E-state index in [0.29, 0.717) is 22.9 Å². The fraction of sp³-hybridized carbons (Fsp3) is 0.524. The number of alkyl halides is 2. The first-order chi connectivity index (χ1) is 15.5. The number of imidazole rings is 1. The van der Waals surface area contributed by atoms with Crippen LogP contribution in [0, 0.1) is 10.8 Å². The molecule has 11 heteroatoms. The summed E-state index contributed by atoms with van der Waals surface area (Å²) in [7, 11) is 0. The van der Waals surface area contributed by atoms with E-state index in [0.717, 1.165) is 52.6 Å². The predicted molar refractivity (Wildman–Crippen MR) is 110 cm³/mol. The summed E-state index contributed by atoms with van der Waals surface area (Å²) in [5.41, 5.74) is 1.38. The number of fused-ring (bicyclic) bond motifs is 1. The van der Waals surface area contributed by atoms with Gasteiger partial charge in [-0.15, -0.1) is 0 Å². The first-order valence-corrected chi connectivity index (χ1v) is 10.7. The van der Waals surface area contributed by atoms with Crippen molar-refractivity contribution in [3.8, 4) is 5.95 Å². The van der Waals surface area contributed by atoms with Crippen molar-refractivity contribution in [2.24, 2.45) is 10.8 Å². The Balaban J connectivity index is 1.32. The van der Waals surface area contributed by atoms with Gasteiger partial charge in [-0.3, -0.25) is 4.57 Å². The average Bonchev–Trinajstić information content (AvgIpc) is 3.03. The van der Waals surface area contributed by atoms with Crippen LogP contribution in [0.25, 0.3) is 17.0 Å². The lowest BCUT2D eigenvalue weighted by atomic mass is 9.78. The summed E-state index contributed by atoms with van der Waals surface area (Å²) >= 11 is 0. The maximum atomic E-state index is 13.9. The van der Waals surface area contributed by atoms with Gasteiger partial charge in [-0.05, 0) is 12.1 Å². The third-order valence-corrected chi connectivity index (χ3v) is 6.89. The third kappa shape index (κ3) is 2.61. The molecule has 0 atom stereocenters. The SMILES string of the molecule is FC(F)c1nc2ccccc2n1-c1nc(N2CC3(COC3)C2)nc(N2CC3(COC3)C2)n1. The van der Waals surface area contributed by atoms with Crippen LogP contribution in [0.15, 0.2) is 24.3 Å². The van der Waals surface area contributed by atoms with Crippen molar-refractivity contribution in [3.63, 3.8) is 0 Å². The first-order valence-electron chi connectivity index (χ1n) is 10.7. The third-order valence-electron chi connectivity index (χ3n) is 6.89. The Morgan fingerprint density at radius 1 is 0.750 bits per heavy atom. The van der Waals surface area contributed by atoms with E-state index in [1.165, 1.54) is 4.57 Å². The van der Waals surface area contributed by atoms with Crippen LogP contribution in [0.5, 0.6) is 0 Å². The van der Waals surface area contributed by atoms with E-state index < -0.39 is 6.43 Å². The zero-order valence-corrected chi connectivity index (χ0v) is 17.2. The lowest BCUT2D eigenvalue weighted by Crippen LogP contribution is -2.67. The van der Waals surface area contributed by atoms with Crippen molar-refractivity contribution in [1.82, 2.24) is 24.5 Å². The van der Waals surface area contributed by atoms with Crippen LogP contribution in [0.1, 0.15) is 12.2 Å². The Morgan fingerprint density at radius 2 is 1.28 bits per heavy atom. The molecule has 6 heterocycles. The van der Waals surface area contributed by atoms with Gasteiger partial charge in [-0.25, -0.2) is 13.8 Å². The Hall–Kier alpha value is -2.92. The topological polar surface area (TPSA) is 81.4 Å². The lowest BCUT2D eigenvalue weighted by Gasteiger charge is -2.56. The number of benzene rings is 1. The highest BCUT2D eigenvalue weighted by Gasteiger charge is 2.52. The van der Waals surface area contributed by atoms with Gasteiger partial charge < -0.3 is 19.3 Å². The van der Waals surface area contributed by atoms with Crippen molar-refractivity contribution in [1.29, 1.82) is 0 Å². The molecule has 3 aromatic rings. The number of aromatic nitrogens is 5. The van der Waals surface area contributed by atoms with E-state index in [2.05, 4.69) is 24.8 Å². The minimum atomic E-state index is -2.76. The molecule has 32 heavy (non-hydrogen) atoms. The summed E-state index contributed by atoms with van der Waals surface area (Å²) in [6.07, 6.45) is -2.76. The monoisotopic (exact) mass is 441 g/mol. The molecule has 4 fully saturated rings. The second kappa shape index (κ2) is 6.32. The Morgan fingerprint density at radius 3 is 1.78 bits per heavy atom. The maximum Gasteiger partial charge on any atom is 0.296 e. The molecule has 4 aliphatic rings. The molecular formula is C21H21F2N7O2. The van der Waals surface area contributed by atoms with E-state index in [1.54, 1.807) is 24.3 Å². The van der Waals surface area contributed by atoms with Gasteiger partial charge in [0.05, 0.1) is 48.3 Å².